The summed E-state index contributed by atoms with van der Waals surface area (Å²) in [5, 5.41) is 10.5. The van der Waals surface area contributed by atoms with Gasteiger partial charge < -0.3 is 28.8 Å². The minimum absolute atomic E-state index is 0.267. The highest BCUT2D eigenvalue weighted by atomic mass is 16.8. The molecule has 0 aliphatic carbocycles. The van der Waals surface area contributed by atoms with E-state index in [1.807, 2.05) is 30.3 Å². The van der Waals surface area contributed by atoms with Gasteiger partial charge in [-0.15, -0.1) is 0 Å². The molecule has 1 aromatic carbocycles. The third kappa shape index (κ3) is 3.45. The Bertz CT molecular complexity index is 574. The molecule has 1 N–H and O–H groups in total. The number of hydrogen-bond acceptors (Lipinski definition) is 7. The number of hydrogen-bond donors (Lipinski definition) is 1. The van der Waals surface area contributed by atoms with Gasteiger partial charge >= 0.3 is 5.97 Å². The van der Waals surface area contributed by atoms with E-state index in [0.29, 0.717) is 0 Å². The quantitative estimate of drug-likeness (QED) is 0.819. The Morgan fingerprint density at radius 2 is 1.96 bits per heavy atom. The van der Waals surface area contributed by atoms with Crippen molar-refractivity contribution in [2.45, 2.75) is 56.9 Å². The molecule has 0 saturated carbocycles. The highest BCUT2D eigenvalue weighted by Crippen LogP contribution is 2.38. The third-order valence-corrected chi connectivity index (χ3v) is 4.06. The minimum atomic E-state index is -1.22. The topological polar surface area (TPSA) is 83.5 Å². The van der Waals surface area contributed by atoms with Crippen molar-refractivity contribution in [2.24, 2.45) is 0 Å². The molecule has 0 aromatic heterocycles. The van der Waals surface area contributed by atoms with Gasteiger partial charge in [0.1, 0.15) is 18.3 Å². The van der Waals surface area contributed by atoms with Crippen LogP contribution in [0.5, 0.6) is 0 Å². The molecule has 0 bridgehead atoms. The summed E-state index contributed by atoms with van der Waals surface area (Å²) in [4.78, 5) is 11.9. The molecule has 0 spiro atoms. The molecule has 0 radical (unpaired) electrons. The van der Waals surface area contributed by atoms with Gasteiger partial charge in [0.2, 0.25) is 0 Å². The van der Waals surface area contributed by atoms with E-state index in [4.69, 9.17) is 23.7 Å². The van der Waals surface area contributed by atoms with Crippen LogP contribution in [0.25, 0.3) is 0 Å². The first kappa shape index (κ1) is 17.3. The summed E-state index contributed by atoms with van der Waals surface area (Å²) in [6.45, 7) is 3.74. The van der Waals surface area contributed by atoms with Crippen LogP contribution in [0.4, 0.5) is 0 Å². The monoisotopic (exact) mass is 338 g/mol. The number of rotatable bonds is 4. The summed E-state index contributed by atoms with van der Waals surface area (Å²) in [5.74, 6) is -1.57. The summed E-state index contributed by atoms with van der Waals surface area (Å²) in [6, 6.07) is 9.54. The van der Waals surface area contributed by atoms with Crippen molar-refractivity contribution in [3.8, 4) is 0 Å². The summed E-state index contributed by atoms with van der Waals surface area (Å²) < 4.78 is 27.6. The van der Waals surface area contributed by atoms with E-state index in [2.05, 4.69) is 0 Å². The van der Waals surface area contributed by atoms with Crippen LogP contribution in [-0.4, -0.2) is 54.7 Å². The maximum atomic E-state index is 11.9. The van der Waals surface area contributed by atoms with Crippen molar-refractivity contribution < 1.29 is 33.6 Å². The number of ether oxygens (including phenoxy) is 5. The molecule has 24 heavy (non-hydrogen) atoms. The Labute approximate surface area is 140 Å². The fraction of sp³-hybridized carbons (Fsp3) is 0.588. The zero-order valence-electron chi connectivity index (χ0n) is 13.9. The van der Waals surface area contributed by atoms with Crippen molar-refractivity contribution in [3.63, 3.8) is 0 Å². The highest BCUT2D eigenvalue weighted by Gasteiger charge is 2.56. The van der Waals surface area contributed by atoms with Crippen molar-refractivity contribution in [1.29, 1.82) is 0 Å². The Morgan fingerprint density at radius 3 is 2.62 bits per heavy atom. The van der Waals surface area contributed by atoms with Crippen LogP contribution in [0.2, 0.25) is 0 Å². The fourth-order valence-electron chi connectivity index (χ4n) is 2.95. The molecule has 2 unspecified atom stereocenters. The van der Waals surface area contributed by atoms with Crippen LogP contribution in [-0.2, 0) is 35.1 Å². The van der Waals surface area contributed by atoms with Gasteiger partial charge in [-0.05, 0) is 19.4 Å². The number of carbonyl (C=O) groups excluding carboxylic acids is 1. The van der Waals surface area contributed by atoms with E-state index in [1.165, 1.54) is 7.11 Å². The molecule has 2 fully saturated rings. The van der Waals surface area contributed by atoms with Gasteiger partial charge in [0.15, 0.2) is 18.2 Å². The maximum absolute atomic E-state index is 11.9. The number of aliphatic hydroxyl groups is 1. The fourth-order valence-corrected chi connectivity index (χ4v) is 2.95. The van der Waals surface area contributed by atoms with Crippen molar-refractivity contribution >= 4 is 5.97 Å². The van der Waals surface area contributed by atoms with Crippen LogP contribution in [0.15, 0.2) is 30.3 Å². The van der Waals surface area contributed by atoms with E-state index in [1.54, 1.807) is 13.8 Å². The van der Waals surface area contributed by atoms with E-state index >= 15 is 0 Å². The predicted octanol–water partition coefficient (Wildman–Crippen LogP) is 0.982. The van der Waals surface area contributed by atoms with Gasteiger partial charge in [-0.3, -0.25) is 0 Å². The SMILES string of the molecule is COC(=O)C1O[C@H]2OC(C)(C)OC2[C@@H](OCc2ccccc2)[C@@H]1O. The first-order valence-corrected chi connectivity index (χ1v) is 7.84. The Morgan fingerprint density at radius 1 is 1.25 bits per heavy atom. The Balaban J connectivity index is 1.78. The van der Waals surface area contributed by atoms with E-state index in [9.17, 15) is 9.90 Å². The molecule has 5 atom stereocenters. The van der Waals surface area contributed by atoms with Gasteiger partial charge in [-0.2, -0.15) is 0 Å². The zero-order valence-corrected chi connectivity index (χ0v) is 13.9. The third-order valence-electron chi connectivity index (χ3n) is 4.06. The number of carbonyl (C=O) groups is 1. The highest BCUT2D eigenvalue weighted by molar-refractivity contribution is 5.75. The van der Waals surface area contributed by atoms with Gasteiger partial charge in [-0.1, -0.05) is 30.3 Å². The first-order valence-electron chi connectivity index (χ1n) is 7.84. The molecule has 7 heteroatoms. The number of benzene rings is 1. The van der Waals surface area contributed by atoms with Gasteiger partial charge in [0.05, 0.1) is 13.7 Å². The second-order valence-electron chi connectivity index (χ2n) is 6.30. The smallest absolute Gasteiger partial charge is 0.337 e. The van der Waals surface area contributed by atoms with Crippen LogP contribution < -0.4 is 0 Å². The molecule has 2 heterocycles. The summed E-state index contributed by atoms with van der Waals surface area (Å²) in [6.07, 6.45) is -4.64. The van der Waals surface area contributed by atoms with Crippen molar-refractivity contribution in [1.82, 2.24) is 0 Å². The van der Waals surface area contributed by atoms with Gasteiger partial charge in [0, 0.05) is 0 Å². The van der Waals surface area contributed by atoms with E-state index < -0.39 is 42.5 Å². The predicted molar refractivity (Wildman–Crippen MR) is 81.7 cm³/mol. The number of fused-ring (bicyclic) bond motifs is 1. The van der Waals surface area contributed by atoms with Crippen LogP contribution in [0, 0.1) is 0 Å². The largest absolute Gasteiger partial charge is 0.467 e. The lowest BCUT2D eigenvalue weighted by molar-refractivity contribution is -0.260. The lowest BCUT2D eigenvalue weighted by Crippen LogP contribution is -2.59. The van der Waals surface area contributed by atoms with Gasteiger partial charge in [0.25, 0.3) is 0 Å². The second kappa shape index (κ2) is 6.78. The number of aliphatic hydroxyl groups excluding tert-OH is 1. The Hall–Kier alpha value is -1.51. The van der Waals surface area contributed by atoms with Crippen molar-refractivity contribution in [2.75, 3.05) is 7.11 Å². The molecule has 3 rings (SSSR count). The summed E-state index contributed by atoms with van der Waals surface area (Å²) >= 11 is 0. The van der Waals surface area contributed by atoms with Gasteiger partial charge in [-0.25, -0.2) is 4.79 Å². The molecule has 2 saturated heterocycles. The number of esters is 1. The molecule has 2 aliphatic rings. The zero-order chi connectivity index (χ0) is 17.3. The molecular weight excluding hydrogens is 316 g/mol. The molecule has 2 aliphatic heterocycles. The normalized spacial score (nSPS) is 34.6. The minimum Gasteiger partial charge on any atom is -0.467 e. The molecule has 1 aromatic rings. The maximum Gasteiger partial charge on any atom is 0.337 e. The average Bonchev–Trinajstić information content (AvgIpc) is 2.87. The molecule has 132 valence electrons. The lowest BCUT2D eigenvalue weighted by atomic mass is 9.98. The molecule has 7 nitrogen and oxygen atoms in total. The van der Waals surface area contributed by atoms with E-state index in [-0.39, 0.29) is 6.61 Å². The van der Waals surface area contributed by atoms with E-state index in [0.717, 1.165) is 5.56 Å². The van der Waals surface area contributed by atoms with Crippen LogP contribution >= 0.6 is 0 Å². The lowest BCUT2D eigenvalue weighted by Gasteiger charge is -2.38. The average molecular weight is 338 g/mol. The summed E-state index contributed by atoms with van der Waals surface area (Å²) in [7, 11) is 1.24. The van der Waals surface area contributed by atoms with Crippen LogP contribution in [0.1, 0.15) is 19.4 Å². The first-order chi connectivity index (χ1) is 11.4. The standard InChI is InChI=1S/C17H22O7/c1-17(2)23-14-12(21-9-10-7-5-4-6-8-10)11(18)13(15(19)20-3)22-16(14)24-17/h4-8,11-14,16,18H,9H2,1-3H3/t11-,12-,13?,14?,16-/m0/s1. The van der Waals surface area contributed by atoms with Crippen molar-refractivity contribution in [3.05, 3.63) is 35.9 Å². The second-order valence-corrected chi connectivity index (χ2v) is 6.30. The summed E-state index contributed by atoms with van der Waals surface area (Å²) in [5.41, 5.74) is 0.945. The van der Waals surface area contributed by atoms with Crippen LogP contribution in [0.3, 0.4) is 0 Å². The number of methoxy groups -OCH3 is 1. The molecular formula is C17H22O7. The Kier molecular flexibility index (Phi) is 4.89. The molecule has 0 amide bonds.